The zero-order valence-electron chi connectivity index (χ0n) is 9.42. The normalized spacial score (nSPS) is 17.9. The molecular weight excluding hydrogens is 210 g/mol. The topological polar surface area (TPSA) is 16.1 Å². The number of alkyl halides is 2. The van der Waals surface area contributed by atoms with Gasteiger partial charge in [-0.25, -0.2) is 0 Å². The monoisotopic (exact) mass is 226 g/mol. The maximum Gasteiger partial charge on any atom is 0.287 e. The lowest BCUT2D eigenvalue weighted by molar-refractivity contribution is -0.0336. The molecule has 1 fully saturated rings. The van der Waals surface area contributed by atoms with Gasteiger partial charge in [-0.15, -0.1) is 0 Å². The summed E-state index contributed by atoms with van der Waals surface area (Å²) < 4.78 is 28.0. The van der Waals surface area contributed by atoms with E-state index < -0.39 is 5.92 Å². The molecule has 0 aromatic carbocycles. The predicted octanol–water partition coefficient (Wildman–Crippen LogP) is 2.58. The Morgan fingerprint density at radius 3 is 2.69 bits per heavy atom. The number of aromatic nitrogens is 1. The minimum Gasteiger partial charge on any atom is -0.297 e. The number of likely N-dealkylation sites (tertiary alicyclic amines) is 1. The Balaban J connectivity index is 2.14. The van der Waals surface area contributed by atoms with Gasteiger partial charge < -0.3 is 0 Å². The zero-order valence-corrected chi connectivity index (χ0v) is 9.42. The fourth-order valence-corrected chi connectivity index (χ4v) is 2.18. The van der Waals surface area contributed by atoms with Crippen molar-refractivity contribution in [3.63, 3.8) is 0 Å². The van der Waals surface area contributed by atoms with Crippen LogP contribution in [0, 0.1) is 6.92 Å². The van der Waals surface area contributed by atoms with Gasteiger partial charge in [-0.05, 0) is 45.0 Å². The second-order valence-electron chi connectivity index (χ2n) is 4.32. The SMILES string of the molecule is Cc1ncccc1C(F)(F)CN1CCCC1. The van der Waals surface area contributed by atoms with E-state index >= 15 is 0 Å². The van der Waals surface area contributed by atoms with Gasteiger partial charge in [0.15, 0.2) is 0 Å². The van der Waals surface area contributed by atoms with Crippen molar-refractivity contribution in [3.05, 3.63) is 29.6 Å². The number of nitrogens with zero attached hydrogens (tertiary/aromatic N) is 2. The first-order valence-electron chi connectivity index (χ1n) is 5.62. The lowest BCUT2D eigenvalue weighted by Gasteiger charge is -2.24. The van der Waals surface area contributed by atoms with Crippen LogP contribution in [-0.4, -0.2) is 29.5 Å². The molecule has 16 heavy (non-hydrogen) atoms. The second kappa shape index (κ2) is 4.45. The molecule has 0 bridgehead atoms. The fourth-order valence-electron chi connectivity index (χ4n) is 2.18. The van der Waals surface area contributed by atoms with E-state index in [2.05, 4.69) is 4.98 Å². The summed E-state index contributed by atoms with van der Waals surface area (Å²) >= 11 is 0. The van der Waals surface area contributed by atoms with Crippen LogP contribution in [0.5, 0.6) is 0 Å². The Morgan fingerprint density at radius 2 is 2.06 bits per heavy atom. The average molecular weight is 226 g/mol. The largest absolute Gasteiger partial charge is 0.297 e. The summed E-state index contributed by atoms with van der Waals surface area (Å²) in [7, 11) is 0. The third kappa shape index (κ3) is 2.38. The lowest BCUT2D eigenvalue weighted by atomic mass is 10.1. The lowest BCUT2D eigenvalue weighted by Crippen LogP contribution is -2.33. The molecule has 1 aliphatic heterocycles. The summed E-state index contributed by atoms with van der Waals surface area (Å²) in [6.07, 6.45) is 3.61. The second-order valence-corrected chi connectivity index (χ2v) is 4.32. The first kappa shape index (κ1) is 11.5. The number of rotatable bonds is 3. The van der Waals surface area contributed by atoms with E-state index in [1.54, 1.807) is 19.2 Å². The Morgan fingerprint density at radius 1 is 1.38 bits per heavy atom. The standard InChI is InChI=1S/C12H16F2N2/c1-10-11(5-4-6-15-10)12(13,14)9-16-7-2-3-8-16/h4-6H,2-3,7-9H2,1H3. The molecule has 1 aliphatic rings. The summed E-state index contributed by atoms with van der Waals surface area (Å²) in [5, 5.41) is 0. The fraction of sp³-hybridized carbons (Fsp3) is 0.583. The van der Waals surface area contributed by atoms with Crippen LogP contribution in [0.2, 0.25) is 0 Å². The van der Waals surface area contributed by atoms with Crippen molar-refractivity contribution in [2.45, 2.75) is 25.7 Å². The van der Waals surface area contributed by atoms with Gasteiger partial charge in [0.1, 0.15) is 0 Å². The molecule has 4 heteroatoms. The summed E-state index contributed by atoms with van der Waals surface area (Å²) in [5.74, 6) is -2.79. The highest BCUT2D eigenvalue weighted by molar-refractivity contribution is 5.24. The van der Waals surface area contributed by atoms with Crippen molar-refractivity contribution in [1.82, 2.24) is 9.88 Å². The van der Waals surface area contributed by atoms with Gasteiger partial charge in [0.2, 0.25) is 0 Å². The van der Waals surface area contributed by atoms with E-state index in [-0.39, 0.29) is 12.1 Å². The quantitative estimate of drug-likeness (QED) is 0.787. The van der Waals surface area contributed by atoms with Gasteiger partial charge in [0, 0.05) is 17.5 Å². The molecule has 2 nitrogen and oxygen atoms in total. The Labute approximate surface area is 94.3 Å². The maximum atomic E-state index is 14.0. The molecule has 2 rings (SSSR count). The van der Waals surface area contributed by atoms with Gasteiger partial charge in [0.05, 0.1) is 6.54 Å². The highest BCUT2D eigenvalue weighted by Crippen LogP contribution is 2.31. The van der Waals surface area contributed by atoms with Crippen molar-refractivity contribution in [1.29, 1.82) is 0 Å². The molecule has 0 radical (unpaired) electrons. The molecule has 88 valence electrons. The number of aryl methyl sites for hydroxylation is 1. The number of hydrogen-bond acceptors (Lipinski definition) is 2. The van der Waals surface area contributed by atoms with Crippen LogP contribution >= 0.6 is 0 Å². The van der Waals surface area contributed by atoms with E-state index in [0.717, 1.165) is 25.9 Å². The average Bonchev–Trinajstić information content (AvgIpc) is 2.70. The molecule has 0 atom stereocenters. The highest BCUT2D eigenvalue weighted by atomic mass is 19.3. The molecule has 2 heterocycles. The predicted molar refractivity (Wildman–Crippen MR) is 58.5 cm³/mol. The Bertz CT molecular complexity index is 360. The van der Waals surface area contributed by atoms with Crippen molar-refractivity contribution in [3.8, 4) is 0 Å². The van der Waals surface area contributed by atoms with Crippen LogP contribution in [-0.2, 0) is 5.92 Å². The van der Waals surface area contributed by atoms with E-state index in [9.17, 15) is 8.78 Å². The third-order valence-electron chi connectivity index (χ3n) is 3.02. The van der Waals surface area contributed by atoms with Crippen molar-refractivity contribution >= 4 is 0 Å². The Kier molecular flexibility index (Phi) is 3.19. The van der Waals surface area contributed by atoms with E-state index in [0.29, 0.717) is 5.69 Å². The van der Waals surface area contributed by atoms with Gasteiger partial charge in [-0.3, -0.25) is 9.88 Å². The minimum absolute atomic E-state index is 0.0573. The van der Waals surface area contributed by atoms with Gasteiger partial charge >= 0.3 is 0 Å². The van der Waals surface area contributed by atoms with E-state index in [1.165, 1.54) is 6.07 Å². The molecule has 1 saturated heterocycles. The Hall–Kier alpha value is -1.03. The molecule has 1 aromatic heterocycles. The number of halogens is 2. The third-order valence-corrected chi connectivity index (χ3v) is 3.02. The molecule has 0 spiro atoms. The van der Waals surface area contributed by atoms with Crippen molar-refractivity contribution in [2.75, 3.05) is 19.6 Å². The first-order chi connectivity index (χ1) is 7.59. The van der Waals surface area contributed by atoms with Gasteiger partial charge in [-0.1, -0.05) is 0 Å². The molecule has 0 saturated carbocycles. The van der Waals surface area contributed by atoms with Gasteiger partial charge in [0.25, 0.3) is 5.92 Å². The van der Waals surface area contributed by atoms with Crippen molar-refractivity contribution in [2.24, 2.45) is 0 Å². The molecule has 0 N–H and O–H groups in total. The highest BCUT2D eigenvalue weighted by Gasteiger charge is 2.36. The van der Waals surface area contributed by atoms with Crippen LogP contribution in [0.15, 0.2) is 18.3 Å². The van der Waals surface area contributed by atoms with Crippen LogP contribution in [0.3, 0.4) is 0 Å². The van der Waals surface area contributed by atoms with Gasteiger partial charge in [-0.2, -0.15) is 8.78 Å². The van der Waals surface area contributed by atoms with Crippen LogP contribution in [0.1, 0.15) is 24.1 Å². The molecule has 0 aliphatic carbocycles. The molecular formula is C12H16F2N2. The summed E-state index contributed by atoms with van der Waals surface area (Å²) in [6.45, 7) is 3.02. The van der Waals surface area contributed by atoms with Crippen LogP contribution in [0.25, 0.3) is 0 Å². The number of hydrogen-bond donors (Lipinski definition) is 0. The summed E-state index contributed by atoms with van der Waals surface area (Å²) in [4.78, 5) is 5.75. The first-order valence-corrected chi connectivity index (χ1v) is 5.62. The smallest absolute Gasteiger partial charge is 0.287 e. The van der Waals surface area contributed by atoms with E-state index in [1.807, 2.05) is 4.90 Å². The molecule has 1 aromatic rings. The molecule has 0 unspecified atom stereocenters. The maximum absolute atomic E-state index is 14.0. The molecule has 0 amide bonds. The minimum atomic E-state index is -2.79. The van der Waals surface area contributed by atoms with Crippen molar-refractivity contribution < 1.29 is 8.78 Å². The number of pyridine rings is 1. The van der Waals surface area contributed by atoms with E-state index in [4.69, 9.17) is 0 Å². The summed E-state index contributed by atoms with van der Waals surface area (Å²) in [6, 6.07) is 3.04. The van der Waals surface area contributed by atoms with Crippen LogP contribution in [0.4, 0.5) is 8.78 Å². The summed E-state index contributed by atoms with van der Waals surface area (Å²) in [5.41, 5.74) is 0.480. The zero-order chi connectivity index (χ0) is 11.6. The van der Waals surface area contributed by atoms with Crippen LogP contribution < -0.4 is 0 Å².